The van der Waals surface area contributed by atoms with Gasteiger partial charge in [-0.3, -0.25) is 9.59 Å². The Kier molecular flexibility index (Phi) is 4.70. The van der Waals surface area contributed by atoms with Gasteiger partial charge in [-0.25, -0.2) is 4.68 Å². The van der Waals surface area contributed by atoms with Crippen LogP contribution in [0.4, 0.5) is 0 Å². The van der Waals surface area contributed by atoms with Gasteiger partial charge in [0, 0.05) is 26.6 Å². The fourth-order valence-electron chi connectivity index (χ4n) is 2.78. The average Bonchev–Trinajstić information content (AvgIpc) is 3.22. The Balaban J connectivity index is 1.84. The molecule has 1 fully saturated rings. The van der Waals surface area contributed by atoms with Crippen LogP contribution in [0.25, 0.3) is 0 Å². The van der Waals surface area contributed by atoms with Gasteiger partial charge in [-0.2, -0.15) is 10.1 Å². The first-order valence-electron chi connectivity index (χ1n) is 7.78. The van der Waals surface area contributed by atoms with Crippen molar-refractivity contribution in [3.63, 3.8) is 0 Å². The van der Waals surface area contributed by atoms with Crippen molar-refractivity contribution >= 4 is 5.91 Å². The average molecular weight is 333 g/mol. The van der Waals surface area contributed by atoms with E-state index in [2.05, 4.69) is 15.2 Å². The summed E-state index contributed by atoms with van der Waals surface area (Å²) in [5.41, 5.74) is -0.0480. The molecule has 1 amide bonds. The predicted octanol–water partition coefficient (Wildman–Crippen LogP) is 0.558. The topological polar surface area (TPSA) is 103 Å². The number of methoxy groups -OCH3 is 1. The number of amides is 1. The summed E-state index contributed by atoms with van der Waals surface area (Å²) in [6, 6.07) is 2.57. The fraction of sp³-hybridized carbons (Fsp3) is 0.533. The van der Waals surface area contributed by atoms with Crippen molar-refractivity contribution in [3.05, 3.63) is 39.9 Å². The quantitative estimate of drug-likeness (QED) is 0.787. The van der Waals surface area contributed by atoms with E-state index in [1.807, 2.05) is 0 Å². The molecule has 0 aliphatic carbocycles. The van der Waals surface area contributed by atoms with Crippen LogP contribution in [0.15, 0.2) is 21.5 Å². The summed E-state index contributed by atoms with van der Waals surface area (Å²) in [4.78, 5) is 30.5. The Bertz CT molecular complexity index is 784. The maximum atomic E-state index is 12.8. The van der Waals surface area contributed by atoms with Gasteiger partial charge in [0.15, 0.2) is 5.82 Å². The maximum Gasteiger partial charge on any atom is 0.274 e. The number of aromatic nitrogens is 4. The van der Waals surface area contributed by atoms with E-state index in [4.69, 9.17) is 9.26 Å². The molecule has 2 aromatic heterocycles. The van der Waals surface area contributed by atoms with Crippen LogP contribution in [0.5, 0.6) is 0 Å². The van der Waals surface area contributed by atoms with Gasteiger partial charge in [0.1, 0.15) is 5.69 Å². The zero-order valence-corrected chi connectivity index (χ0v) is 13.6. The van der Waals surface area contributed by atoms with Gasteiger partial charge in [-0.1, -0.05) is 5.16 Å². The summed E-state index contributed by atoms with van der Waals surface area (Å²) < 4.78 is 11.2. The molecule has 1 atom stereocenters. The van der Waals surface area contributed by atoms with Crippen molar-refractivity contribution < 1.29 is 14.1 Å². The smallest absolute Gasteiger partial charge is 0.274 e. The van der Waals surface area contributed by atoms with Gasteiger partial charge in [0.25, 0.3) is 11.5 Å². The molecule has 0 unspecified atom stereocenters. The second-order valence-corrected chi connectivity index (χ2v) is 5.60. The van der Waals surface area contributed by atoms with Crippen molar-refractivity contribution in [2.45, 2.75) is 32.4 Å². The first-order chi connectivity index (χ1) is 11.6. The van der Waals surface area contributed by atoms with Crippen molar-refractivity contribution in [1.82, 2.24) is 24.8 Å². The van der Waals surface area contributed by atoms with Crippen LogP contribution < -0.4 is 5.56 Å². The van der Waals surface area contributed by atoms with Gasteiger partial charge < -0.3 is 14.2 Å². The SMILES string of the molecule is COCCn1nc(C(=O)N2CCC[C@@H]2c2noc(C)n2)ccc1=O. The highest BCUT2D eigenvalue weighted by Gasteiger charge is 2.34. The molecule has 0 radical (unpaired) electrons. The molecule has 0 bridgehead atoms. The Labute approximate surface area is 138 Å². The van der Waals surface area contributed by atoms with Gasteiger partial charge in [0.2, 0.25) is 5.89 Å². The highest BCUT2D eigenvalue weighted by Crippen LogP contribution is 2.31. The first-order valence-corrected chi connectivity index (χ1v) is 7.78. The molecule has 2 aromatic rings. The molecule has 3 rings (SSSR count). The Morgan fingerprint density at radius 3 is 3.00 bits per heavy atom. The number of carbonyl (C=O) groups is 1. The summed E-state index contributed by atoms with van der Waals surface area (Å²) in [6.45, 7) is 2.95. The minimum absolute atomic E-state index is 0.220. The van der Waals surface area contributed by atoms with E-state index in [-0.39, 0.29) is 23.2 Å². The number of ether oxygens (including phenoxy) is 1. The van der Waals surface area contributed by atoms with Crippen LogP contribution in [0.3, 0.4) is 0 Å². The lowest BCUT2D eigenvalue weighted by atomic mass is 10.2. The Hall–Kier alpha value is -2.55. The summed E-state index contributed by atoms with van der Waals surface area (Å²) >= 11 is 0. The van der Waals surface area contributed by atoms with Crippen LogP contribution in [0, 0.1) is 6.92 Å². The van der Waals surface area contributed by atoms with Gasteiger partial charge >= 0.3 is 0 Å². The fourth-order valence-corrected chi connectivity index (χ4v) is 2.78. The van der Waals surface area contributed by atoms with Gasteiger partial charge in [0.05, 0.1) is 19.2 Å². The third-order valence-electron chi connectivity index (χ3n) is 3.95. The number of hydrogen-bond donors (Lipinski definition) is 0. The molecule has 1 aliphatic heterocycles. The molecular weight excluding hydrogens is 314 g/mol. The highest BCUT2D eigenvalue weighted by atomic mass is 16.5. The third kappa shape index (κ3) is 3.21. The minimum atomic E-state index is -0.268. The predicted molar refractivity (Wildman–Crippen MR) is 82.4 cm³/mol. The third-order valence-corrected chi connectivity index (χ3v) is 3.95. The molecule has 128 valence electrons. The molecular formula is C15H19N5O4. The van der Waals surface area contributed by atoms with Crippen molar-refractivity contribution in [2.75, 3.05) is 20.3 Å². The number of likely N-dealkylation sites (tertiary alicyclic amines) is 1. The van der Waals surface area contributed by atoms with Crippen molar-refractivity contribution in [2.24, 2.45) is 0 Å². The number of aryl methyl sites for hydroxylation is 1. The number of carbonyl (C=O) groups excluding carboxylic acids is 1. The lowest BCUT2D eigenvalue weighted by Gasteiger charge is -2.21. The van der Waals surface area contributed by atoms with Crippen molar-refractivity contribution in [3.8, 4) is 0 Å². The summed E-state index contributed by atoms with van der Waals surface area (Å²) in [6.07, 6.45) is 1.63. The van der Waals surface area contributed by atoms with Crippen LogP contribution in [0.1, 0.15) is 41.1 Å². The number of rotatable bonds is 5. The molecule has 1 aliphatic rings. The molecule has 9 nitrogen and oxygen atoms in total. The highest BCUT2D eigenvalue weighted by molar-refractivity contribution is 5.92. The second-order valence-electron chi connectivity index (χ2n) is 5.60. The summed E-state index contributed by atoms with van der Waals surface area (Å²) in [7, 11) is 1.54. The zero-order valence-electron chi connectivity index (χ0n) is 13.6. The lowest BCUT2D eigenvalue weighted by molar-refractivity contribution is 0.0718. The molecule has 0 aromatic carbocycles. The molecule has 1 saturated heterocycles. The number of nitrogens with zero attached hydrogens (tertiary/aromatic N) is 5. The maximum absolute atomic E-state index is 12.8. The molecule has 24 heavy (non-hydrogen) atoms. The standard InChI is InChI=1S/C15H19N5O4/c1-10-16-14(18-24-10)12-4-3-7-19(12)15(22)11-5-6-13(21)20(17-11)8-9-23-2/h5-6,12H,3-4,7-9H2,1-2H3/t12-/m1/s1. The van der Waals surface area contributed by atoms with Crippen LogP contribution >= 0.6 is 0 Å². The lowest BCUT2D eigenvalue weighted by Crippen LogP contribution is -2.34. The van der Waals surface area contributed by atoms with Crippen LogP contribution in [-0.4, -0.2) is 51.0 Å². The number of hydrogen-bond acceptors (Lipinski definition) is 7. The monoisotopic (exact) mass is 333 g/mol. The summed E-state index contributed by atoms with van der Waals surface area (Å²) in [5.74, 6) is 0.729. The summed E-state index contributed by atoms with van der Waals surface area (Å²) in [5, 5.41) is 8.08. The molecule has 0 N–H and O–H groups in total. The first kappa shape index (κ1) is 16.3. The minimum Gasteiger partial charge on any atom is -0.383 e. The molecule has 3 heterocycles. The molecule has 9 heteroatoms. The van der Waals surface area contributed by atoms with E-state index in [0.29, 0.717) is 31.4 Å². The van der Waals surface area contributed by atoms with Gasteiger partial charge in [-0.15, -0.1) is 0 Å². The van der Waals surface area contributed by atoms with E-state index in [9.17, 15) is 9.59 Å². The Morgan fingerprint density at radius 1 is 1.46 bits per heavy atom. The largest absolute Gasteiger partial charge is 0.383 e. The van der Waals surface area contributed by atoms with E-state index in [1.54, 1.807) is 18.9 Å². The molecule has 0 saturated carbocycles. The zero-order chi connectivity index (χ0) is 17.1. The Morgan fingerprint density at radius 2 is 2.29 bits per heavy atom. The normalized spacial score (nSPS) is 17.4. The van der Waals surface area contributed by atoms with Crippen LogP contribution in [-0.2, 0) is 11.3 Å². The van der Waals surface area contributed by atoms with Crippen LogP contribution in [0.2, 0.25) is 0 Å². The van der Waals surface area contributed by atoms with E-state index in [0.717, 1.165) is 12.8 Å². The van der Waals surface area contributed by atoms with Crippen molar-refractivity contribution in [1.29, 1.82) is 0 Å². The molecule has 0 spiro atoms. The van der Waals surface area contributed by atoms with E-state index in [1.165, 1.54) is 16.8 Å². The van der Waals surface area contributed by atoms with E-state index >= 15 is 0 Å². The second kappa shape index (κ2) is 6.91. The van der Waals surface area contributed by atoms with E-state index < -0.39 is 0 Å². The van der Waals surface area contributed by atoms with Gasteiger partial charge in [-0.05, 0) is 18.9 Å².